The number of carbonyl (C=O) groups excluding carboxylic acids is 2. The molecule has 7 heteroatoms. The standard InChI is InChI=1S/C16H21N3O4/c1-23-14-5-3-2-4-10(14)7-17-11-6-13-15(21)18-12(9-20)16(22)19(13)8-11/h2-5,11-13,17,20H,6-9H2,1H3,(H,18,21)/t11-,12+,13-/m0/s1. The number of piperazine rings is 1. The van der Waals surface area contributed by atoms with Crippen LogP contribution >= 0.6 is 0 Å². The van der Waals surface area contributed by atoms with Gasteiger partial charge in [0.25, 0.3) is 0 Å². The highest BCUT2D eigenvalue weighted by Crippen LogP contribution is 2.24. The SMILES string of the molecule is COc1ccccc1CN[C@H]1C[C@H]2C(=O)N[C@H](CO)C(=O)N2C1. The van der Waals surface area contributed by atoms with Gasteiger partial charge in [-0.25, -0.2) is 0 Å². The number of nitrogens with zero attached hydrogens (tertiary/aromatic N) is 1. The molecule has 0 spiro atoms. The largest absolute Gasteiger partial charge is 0.496 e. The van der Waals surface area contributed by atoms with Crippen LogP contribution in [-0.2, 0) is 16.1 Å². The van der Waals surface area contributed by atoms with Crippen molar-refractivity contribution >= 4 is 11.8 Å². The van der Waals surface area contributed by atoms with Gasteiger partial charge in [-0.2, -0.15) is 0 Å². The Kier molecular flexibility index (Phi) is 4.49. The molecule has 2 aliphatic rings. The van der Waals surface area contributed by atoms with Gasteiger partial charge in [0, 0.05) is 24.7 Å². The topological polar surface area (TPSA) is 90.9 Å². The highest BCUT2D eigenvalue weighted by Gasteiger charge is 2.46. The van der Waals surface area contributed by atoms with Crippen LogP contribution in [0.15, 0.2) is 24.3 Å². The van der Waals surface area contributed by atoms with Crippen molar-refractivity contribution < 1.29 is 19.4 Å². The summed E-state index contributed by atoms with van der Waals surface area (Å²) in [6.45, 7) is 0.712. The Hall–Kier alpha value is -2.12. The van der Waals surface area contributed by atoms with Crippen LogP contribution < -0.4 is 15.4 Å². The predicted octanol–water partition coefficient (Wildman–Crippen LogP) is -0.755. The van der Waals surface area contributed by atoms with Crippen molar-refractivity contribution in [2.24, 2.45) is 0 Å². The number of aliphatic hydroxyl groups excluding tert-OH is 1. The van der Waals surface area contributed by atoms with E-state index in [4.69, 9.17) is 4.74 Å². The molecule has 7 nitrogen and oxygen atoms in total. The van der Waals surface area contributed by atoms with E-state index in [1.54, 1.807) is 12.0 Å². The Labute approximate surface area is 134 Å². The number of carbonyl (C=O) groups is 2. The van der Waals surface area contributed by atoms with Gasteiger partial charge in [0.15, 0.2) is 0 Å². The van der Waals surface area contributed by atoms with E-state index in [1.807, 2.05) is 24.3 Å². The van der Waals surface area contributed by atoms with Crippen LogP contribution in [-0.4, -0.2) is 60.2 Å². The Morgan fingerprint density at radius 1 is 1.39 bits per heavy atom. The fraction of sp³-hybridized carbons (Fsp3) is 0.500. The first kappa shape index (κ1) is 15.8. The smallest absolute Gasteiger partial charge is 0.248 e. The molecule has 0 bridgehead atoms. The Morgan fingerprint density at radius 2 is 2.17 bits per heavy atom. The van der Waals surface area contributed by atoms with Gasteiger partial charge in [-0.3, -0.25) is 9.59 Å². The Morgan fingerprint density at radius 3 is 2.91 bits per heavy atom. The summed E-state index contributed by atoms with van der Waals surface area (Å²) in [5.41, 5.74) is 1.03. The molecule has 3 atom stereocenters. The molecule has 2 saturated heterocycles. The molecule has 2 fully saturated rings. The molecule has 3 N–H and O–H groups in total. The average molecular weight is 319 g/mol. The number of nitrogens with one attached hydrogen (secondary N) is 2. The molecule has 1 aromatic carbocycles. The Bertz CT molecular complexity index is 607. The van der Waals surface area contributed by atoms with E-state index >= 15 is 0 Å². The molecular weight excluding hydrogens is 298 g/mol. The second kappa shape index (κ2) is 6.55. The molecule has 1 aromatic rings. The minimum absolute atomic E-state index is 0.0389. The summed E-state index contributed by atoms with van der Waals surface area (Å²) >= 11 is 0. The van der Waals surface area contributed by atoms with Crippen LogP contribution in [0.5, 0.6) is 5.75 Å². The maximum Gasteiger partial charge on any atom is 0.248 e. The van der Waals surface area contributed by atoms with Crippen molar-refractivity contribution in [3.63, 3.8) is 0 Å². The second-order valence-corrected chi connectivity index (χ2v) is 5.88. The zero-order valence-corrected chi connectivity index (χ0v) is 13.0. The molecule has 3 rings (SSSR count). The number of benzene rings is 1. The quantitative estimate of drug-likeness (QED) is 0.664. The van der Waals surface area contributed by atoms with E-state index < -0.39 is 12.1 Å². The van der Waals surface area contributed by atoms with Gasteiger partial charge in [-0.15, -0.1) is 0 Å². The van der Waals surface area contributed by atoms with Crippen molar-refractivity contribution in [3.8, 4) is 5.75 Å². The van der Waals surface area contributed by atoms with Gasteiger partial charge in [-0.05, 0) is 12.5 Å². The van der Waals surface area contributed by atoms with E-state index in [1.165, 1.54) is 0 Å². The van der Waals surface area contributed by atoms with Gasteiger partial charge in [-0.1, -0.05) is 18.2 Å². The van der Waals surface area contributed by atoms with Gasteiger partial charge < -0.3 is 25.4 Å². The first-order valence-electron chi connectivity index (χ1n) is 7.71. The van der Waals surface area contributed by atoms with Crippen LogP contribution in [0, 0.1) is 0 Å². The van der Waals surface area contributed by atoms with E-state index in [9.17, 15) is 14.7 Å². The maximum absolute atomic E-state index is 12.2. The van der Waals surface area contributed by atoms with Crippen molar-refractivity contribution in [1.29, 1.82) is 0 Å². The number of para-hydroxylation sites is 1. The fourth-order valence-electron chi connectivity index (χ4n) is 3.23. The molecule has 0 aliphatic carbocycles. The van der Waals surface area contributed by atoms with Crippen molar-refractivity contribution in [3.05, 3.63) is 29.8 Å². The summed E-state index contributed by atoms with van der Waals surface area (Å²) in [6, 6.07) is 6.52. The second-order valence-electron chi connectivity index (χ2n) is 5.88. The molecule has 2 heterocycles. The highest BCUT2D eigenvalue weighted by atomic mass is 16.5. The molecule has 0 aromatic heterocycles. The third-order valence-electron chi connectivity index (χ3n) is 4.46. The monoisotopic (exact) mass is 319 g/mol. The van der Waals surface area contributed by atoms with Crippen molar-refractivity contribution in [2.45, 2.75) is 31.1 Å². The molecule has 0 radical (unpaired) electrons. The number of rotatable bonds is 5. The first-order valence-corrected chi connectivity index (χ1v) is 7.71. The number of hydrogen-bond acceptors (Lipinski definition) is 5. The highest BCUT2D eigenvalue weighted by molar-refractivity contribution is 5.97. The minimum Gasteiger partial charge on any atom is -0.496 e. The van der Waals surface area contributed by atoms with Gasteiger partial charge in [0.2, 0.25) is 11.8 Å². The number of fused-ring (bicyclic) bond motifs is 1. The van der Waals surface area contributed by atoms with E-state index in [0.29, 0.717) is 19.5 Å². The summed E-state index contributed by atoms with van der Waals surface area (Å²) in [5, 5.41) is 15.1. The van der Waals surface area contributed by atoms with E-state index in [-0.39, 0.29) is 24.5 Å². The zero-order chi connectivity index (χ0) is 16.4. The van der Waals surface area contributed by atoms with Gasteiger partial charge in [0.05, 0.1) is 13.7 Å². The number of ether oxygens (including phenoxy) is 1. The third kappa shape index (κ3) is 3.02. The molecular formula is C16H21N3O4. The number of aliphatic hydroxyl groups is 1. The number of amides is 2. The first-order chi connectivity index (χ1) is 11.1. The maximum atomic E-state index is 12.2. The summed E-state index contributed by atoms with van der Waals surface area (Å²) in [6.07, 6.45) is 0.574. The summed E-state index contributed by atoms with van der Waals surface area (Å²) < 4.78 is 5.32. The van der Waals surface area contributed by atoms with Crippen LogP contribution in [0.25, 0.3) is 0 Å². The van der Waals surface area contributed by atoms with Gasteiger partial charge in [0.1, 0.15) is 17.8 Å². The lowest BCUT2D eigenvalue weighted by molar-refractivity contribution is -0.148. The number of hydrogen-bond donors (Lipinski definition) is 3. The third-order valence-corrected chi connectivity index (χ3v) is 4.46. The lowest BCUT2D eigenvalue weighted by Crippen LogP contribution is -2.62. The minimum atomic E-state index is -0.813. The molecule has 2 aliphatic heterocycles. The van der Waals surface area contributed by atoms with Gasteiger partial charge >= 0.3 is 0 Å². The lowest BCUT2D eigenvalue weighted by Gasteiger charge is -2.33. The van der Waals surface area contributed by atoms with Crippen molar-refractivity contribution in [2.75, 3.05) is 20.3 Å². The van der Waals surface area contributed by atoms with Crippen LogP contribution in [0.1, 0.15) is 12.0 Å². The number of methoxy groups -OCH3 is 1. The molecule has 0 unspecified atom stereocenters. The molecule has 0 saturated carbocycles. The average Bonchev–Trinajstić information content (AvgIpc) is 3.01. The summed E-state index contributed by atoms with van der Waals surface area (Å²) in [5.74, 6) is 0.411. The van der Waals surface area contributed by atoms with Crippen LogP contribution in [0.3, 0.4) is 0 Å². The summed E-state index contributed by atoms with van der Waals surface area (Å²) in [4.78, 5) is 25.8. The normalized spacial score (nSPS) is 26.9. The lowest BCUT2D eigenvalue weighted by atomic mass is 10.1. The summed E-state index contributed by atoms with van der Waals surface area (Å²) in [7, 11) is 1.63. The van der Waals surface area contributed by atoms with E-state index in [0.717, 1.165) is 11.3 Å². The Balaban J connectivity index is 1.63. The van der Waals surface area contributed by atoms with Crippen LogP contribution in [0.4, 0.5) is 0 Å². The predicted molar refractivity (Wildman–Crippen MR) is 82.8 cm³/mol. The van der Waals surface area contributed by atoms with Crippen molar-refractivity contribution in [1.82, 2.24) is 15.5 Å². The van der Waals surface area contributed by atoms with Crippen LogP contribution in [0.2, 0.25) is 0 Å². The molecule has 2 amide bonds. The fourth-order valence-corrected chi connectivity index (χ4v) is 3.23. The van der Waals surface area contributed by atoms with E-state index in [2.05, 4.69) is 10.6 Å². The molecule has 124 valence electrons. The zero-order valence-electron chi connectivity index (χ0n) is 13.0. The molecule has 23 heavy (non-hydrogen) atoms.